The molecule has 0 fully saturated rings. The van der Waals surface area contributed by atoms with Gasteiger partial charge in [-0.1, -0.05) is 0 Å². The van der Waals surface area contributed by atoms with E-state index in [9.17, 15) is 24.0 Å². The molecule has 2 N–H and O–H groups in total. The Morgan fingerprint density at radius 1 is 0.828 bits per heavy atom. The van der Waals surface area contributed by atoms with E-state index in [1.54, 1.807) is 71.9 Å². The molecule has 0 aromatic heterocycles. The minimum atomic E-state index is -1.63. The lowest BCUT2D eigenvalue weighted by atomic mass is 9.77. The molecule has 2 heterocycles. The Morgan fingerprint density at radius 3 is 1.92 bits per heavy atom. The quantitative estimate of drug-likeness (QED) is 0.0413. The standard InChI is InChI=1S/C47H61N4O12P/c1-13-48-27-59-64(51(28(2)3)29(4)5)58-26-31(25-57-12)50-40(52)20-21-49-41(53)30-14-17-34-37(22-30)47(63-42(34)54)35-18-15-32(60-43(55)45(6,7)8)23-38(35)62-39-24-33(16-19-36(39)47)61-44(56)46(9,10)11/h14-19,22-24,27-29,31H,13,20-21,25-26H2,1-12H3,(H,49,53)(H,50,52). The van der Waals surface area contributed by atoms with Gasteiger partial charge in [-0.25, -0.2) is 9.46 Å². The molecule has 5 rings (SSSR count). The summed E-state index contributed by atoms with van der Waals surface area (Å²) < 4.78 is 43.7. The summed E-state index contributed by atoms with van der Waals surface area (Å²) in [6.45, 7) is 21.3. The number of hydrogen-bond donors (Lipinski definition) is 2. The number of carbonyl (C=O) groups is 5. The number of hydrogen-bond acceptors (Lipinski definition) is 14. The second kappa shape index (κ2) is 20.6. The number of methoxy groups -OCH3 is 1. The van der Waals surface area contributed by atoms with Crippen LogP contribution in [-0.4, -0.2) is 92.3 Å². The van der Waals surface area contributed by atoms with Gasteiger partial charge >= 0.3 is 26.4 Å². The lowest BCUT2D eigenvalue weighted by molar-refractivity contribution is -0.143. The molecule has 2 aliphatic rings. The topological polar surface area (TPSA) is 190 Å². The molecule has 0 radical (unpaired) electrons. The van der Waals surface area contributed by atoms with Crippen LogP contribution in [0.3, 0.4) is 0 Å². The maximum atomic E-state index is 13.8. The van der Waals surface area contributed by atoms with Crippen LogP contribution in [-0.2, 0) is 38.5 Å². The van der Waals surface area contributed by atoms with E-state index in [-0.39, 0.29) is 78.3 Å². The molecule has 1 spiro atoms. The van der Waals surface area contributed by atoms with Crippen molar-refractivity contribution in [2.75, 3.05) is 33.4 Å². The number of esters is 3. The number of aliphatic imine (C=N–C) groups is 1. The van der Waals surface area contributed by atoms with Crippen molar-refractivity contribution in [1.29, 1.82) is 0 Å². The van der Waals surface area contributed by atoms with E-state index in [4.69, 9.17) is 32.7 Å². The molecule has 346 valence electrons. The number of nitrogens with zero attached hydrogens (tertiary/aromatic N) is 2. The third kappa shape index (κ3) is 11.4. The van der Waals surface area contributed by atoms with Crippen molar-refractivity contribution in [1.82, 2.24) is 15.3 Å². The molecule has 0 bridgehead atoms. The van der Waals surface area contributed by atoms with Crippen LogP contribution in [0.25, 0.3) is 0 Å². The van der Waals surface area contributed by atoms with Crippen LogP contribution in [0.15, 0.2) is 59.6 Å². The minimum absolute atomic E-state index is 0.00764. The van der Waals surface area contributed by atoms with E-state index in [1.165, 1.54) is 37.8 Å². The number of nitrogens with one attached hydrogen (secondary N) is 2. The van der Waals surface area contributed by atoms with Gasteiger partial charge in [0.2, 0.25) is 5.91 Å². The van der Waals surface area contributed by atoms with Gasteiger partial charge in [-0.05, 0) is 119 Å². The second-order valence-corrected chi connectivity index (χ2v) is 19.5. The molecule has 2 amide bonds. The van der Waals surface area contributed by atoms with Gasteiger partial charge in [-0.2, -0.15) is 0 Å². The van der Waals surface area contributed by atoms with Gasteiger partial charge in [0.15, 0.2) is 12.0 Å². The van der Waals surface area contributed by atoms with Crippen LogP contribution in [0.1, 0.15) is 120 Å². The van der Waals surface area contributed by atoms with Crippen molar-refractivity contribution in [3.8, 4) is 23.0 Å². The molecule has 2 unspecified atom stereocenters. The van der Waals surface area contributed by atoms with E-state index >= 15 is 0 Å². The summed E-state index contributed by atoms with van der Waals surface area (Å²) in [6.07, 6.45) is 1.35. The van der Waals surface area contributed by atoms with E-state index in [1.807, 2.05) is 6.92 Å². The number of benzene rings is 3. The first-order valence-electron chi connectivity index (χ1n) is 21.3. The number of fused-ring (bicyclic) bond motifs is 6. The van der Waals surface area contributed by atoms with Gasteiger partial charge in [-0.3, -0.25) is 24.2 Å². The predicted octanol–water partition coefficient (Wildman–Crippen LogP) is 7.84. The monoisotopic (exact) mass is 904 g/mol. The summed E-state index contributed by atoms with van der Waals surface area (Å²) in [5.41, 5.74) is -1.66. The van der Waals surface area contributed by atoms with Crippen molar-refractivity contribution < 1.29 is 56.7 Å². The number of ether oxygens (including phenoxy) is 5. The smallest absolute Gasteiger partial charge is 0.340 e. The van der Waals surface area contributed by atoms with Gasteiger partial charge in [0, 0.05) is 73.1 Å². The first-order chi connectivity index (χ1) is 30.1. The van der Waals surface area contributed by atoms with Crippen molar-refractivity contribution in [3.63, 3.8) is 0 Å². The maximum Gasteiger partial charge on any atom is 0.340 e. The van der Waals surface area contributed by atoms with Crippen LogP contribution in [0.5, 0.6) is 23.0 Å². The molecule has 2 atom stereocenters. The van der Waals surface area contributed by atoms with Crippen LogP contribution in [0, 0.1) is 10.8 Å². The molecular formula is C47H61N4O12P. The molecule has 16 nitrogen and oxygen atoms in total. The van der Waals surface area contributed by atoms with Crippen LogP contribution in [0.4, 0.5) is 0 Å². The summed E-state index contributed by atoms with van der Waals surface area (Å²) in [5.74, 6) is -1.64. The molecular weight excluding hydrogens is 844 g/mol. The Kier molecular flexibility index (Phi) is 16.0. The van der Waals surface area contributed by atoms with E-state index in [0.29, 0.717) is 23.2 Å². The Morgan fingerprint density at radius 2 is 1.41 bits per heavy atom. The number of carbonyl (C=O) groups excluding carboxylic acids is 5. The zero-order chi connectivity index (χ0) is 47.1. The third-order valence-electron chi connectivity index (χ3n) is 10.1. The summed E-state index contributed by atoms with van der Waals surface area (Å²) in [5, 5.41) is 5.75. The Labute approximate surface area is 376 Å². The first kappa shape index (κ1) is 49.6. The van der Waals surface area contributed by atoms with Crippen molar-refractivity contribution in [2.45, 2.75) is 106 Å². The summed E-state index contributed by atoms with van der Waals surface area (Å²) in [4.78, 5) is 70.5. The molecule has 17 heteroatoms. The average Bonchev–Trinajstić information content (AvgIpc) is 3.49. The first-order valence-corrected chi connectivity index (χ1v) is 22.5. The molecule has 3 aromatic carbocycles. The average molecular weight is 905 g/mol. The van der Waals surface area contributed by atoms with E-state index in [0.717, 1.165) is 0 Å². The normalized spacial score (nSPS) is 15.0. The predicted molar refractivity (Wildman–Crippen MR) is 241 cm³/mol. The summed E-state index contributed by atoms with van der Waals surface area (Å²) >= 11 is 0. The maximum absolute atomic E-state index is 13.8. The van der Waals surface area contributed by atoms with Crippen LogP contribution >= 0.6 is 8.53 Å². The molecule has 2 aliphatic heterocycles. The fraction of sp³-hybridized carbons (Fsp3) is 0.489. The highest BCUT2D eigenvalue weighted by Gasteiger charge is 2.54. The van der Waals surface area contributed by atoms with E-state index in [2.05, 4.69) is 48.0 Å². The highest BCUT2D eigenvalue weighted by atomic mass is 31.2. The molecule has 64 heavy (non-hydrogen) atoms. The van der Waals surface area contributed by atoms with Crippen LogP contribution < -0.4 is 24.8 Å². The Hall–Kier alpha value is -5.41. The molecule has 0 aliphatic carbocycles. The van der Waals surface area contributed by atoms with Gasteiger partial charge in [0.1, 0.15) is 23.0 Å². The Bertz CT molecular complexity index is 2160. The lowest BCUT2D eigenvalue weighted by Crippen LogP contribution is -2.43. The van der Waals surface area contributed by atoms with Gasteiger partial charge in [0.05, 0.1) is 35.6 Å². The molecule has 0 saturated heterocycles. The number of amides is 2. The highest BCUT2D eigenvalue weighted by molar-refractivity contribution is 7.45. The third-order valence-corrected chi connectivity index (χ3v) is 12.0. The zero-order valence-electron chi connectivity index (χ0n) is 38.8. The SMILES string of the molecule is CCN=COP(OCC(COC)NC(=O)CCNC(=O)c1ccc2c(c1)C1(OC2=O)c2ccc(OC(=O)C(C)(C)C)cc2Oc2cc(OC(=O)C(C)(C)C)ccc21)N(C(C)C)C(C)C. The fourth-order valence-corrected chi connectivity index (χ4v) is 8.43. The van der Waals surface area contributed by atoms with Crippen molar-refractivity contribution in [2.24, 2.45) is 15.8 Å². The minimum Gasteiger partial charge on any atom is -0.456 e. The Balaban J connectivity index is 1.37. The second-order valence-electron chi connectivity index (χ2n) is 18.1. The van der Waals surface area contributed by atoms with Gasteiger partial charge < -0.3 is 43.4 Å². The summed E-state index contributed by atoms with van der Waals surface area (Å²) in [7, 11) is -0.00965. The van der Waals surface area contributed by atoms with E-state index < -0.39 is 54.8 Å². The molecule has 0 saturated carbocycles. The summed E-state index contributed by atoms with van der Waals surface area (Å²) in [6, 6.07) is 13.8. The fourth-order valence-electron chi connectivity index (χ4n) is 6.92. The van der Waals surface area contributed by atoms with Crippen molar-refractivity contribution in [3.05, 3.63) is 82.4 Å². The zero-order valence-corrected chi connectivity index (χ0v) is 39.7. The highest BCUT2D eigenvalue weighted by Crippen LogP contribution is 2.57. The van der Waals surface area contributed by atoms with Crippen LogP contribution in [0.2, 0.25) is 0 Å². The van der Waals surface area contributed by atoms with Gasteiger partial charge in [-0.15, -0.1) is 0 Å². The van der Waals surface area contributed by atoms with Crippen molar-refractivity contribution >= 4 is 44.6 Å². The molecule has 3 aromatic rings. The number of rotatable bonds is 18. The largest absolute Gasteiger partial charge is 0.456 e. The lowest BCUT2D eigenvalue weighted by Gasteiger charge is -2.37. The van der Waals surface area contributed by atoms with Gasteiger partial charge in [0.25, 0.3) is 5.91 Å².